The van der Waals surface area contributed by atoms with Gasteiger partial charge in [0.1, 0.15) is 11.6 Å². The molecule has 0 saturated heterocycles. The van der Waals surface area contributed by atoms with Crippen molar-refractivity contribution >= 4 is 38.8 Å². The topological polar surface area (TPSA) is 81.4 Å². The molecule has 1 amide bonds. The number of nitrogens with one attached hydrogen (secondary N) is 1. The van der Waals surface area contributed by atoms with Crippen molar-refractivity contribution in [3.63, 3.8) is 0 Å². The fraction of sp³-hybridized carbons (Fsp3) is 0.176. The molecule has 4 rings (SSSR count). The Morgan fingerprint density at radius 3 is 3.12 bits per heavy atom. The monoisotopic (exact) mass is 353 g/mol. The van der Waals surface area contributed by atoms with Crippen LogP contribution in [-0.4, -0.2) is 32.1 Å². The number of carbonyl (C=O) groups is 1. The van der Waals surface area contributed by atoms with Crippen molar-refractivity contribution in [3.05, 3.63) is 53.4 Å². The highest BCUT2D eigenvalue weighted by Crippen LogP contribution is 2.21. The molecule has 1 aromatic carbocycles. The lowest BCUT2D eigenvalue weighted by Crippen LogP contribution is -2.18. The zero-order valence-electron chi connectivity index (χ0n) is 13.5. The Morgan fingerprint density at radius 2 is 2.24 bits per heavy atom. The van der Waals surface area contributed by atoms with Gasteiger partial charge in [-0.25, -0.2) is 14.5 Å². The molecule has 126 valence electrons. The zero-order chi connectivity index (χ0) is 17.2. The summed E-state index contributed by atoms with van der Waals surface area (Å²) in [5, 5.41) is 7.87. The number of para-hydroxylation sites is 1. The SMILES string of the molecule is Cc1cc2ncc(NC(=O)COCc3nc4ccccc4s3)cn2n1. The normalized spacial score (nSPS) is 11.2. The van der Waals surface area contributed by atoms with E-state index in [1.54, 1.807) is 28.2 Å². The predicted octanol–water partition coefficient (Wildman–Crippen LogP) is 2.80. The van der Waals surface area contributed by atoms with Gasteiger partial charge in [-0.3, -0.25) is 4.79 Å². The maximum absolute atomic E-state index is 12.0. The van der Waals surface area contributed by atoms with Gasteiger partial charge in [-0.15, -0.1) is 11.3 Å². The summed E-state index contributed by atoms with van der Waals surface area (Å²) in [6.45, 7) is 2.15. The first-order valence-corrected chi connectivity index (χ1v) is 8.53. The molecular weight excluding hydrogens is 338 g/mol. The molecule has 0 aliphatic rings. The number of aryl methyl sites for hydroxylation is 1. The van der Waals surface area contributed by atoms with Crippen molar-refractivity contribution in [3.8, 4) is 0 Å². The Morgan fingerprint density at radius 1 is 1.36 bits per heavy atom. The second kappa shape index (κ2) is 6.58. The number of ether oxygens (including phenoxy) is 1. The van der Waals surface area contributed by atoms with Gasteiger partial charge >= 0.3 is 0 Å². The number of nitrogens with zero attached hydrogens (tertiary/aromatic N) is 4. The number of carbonyl (C=O) groups excluding carboxylic acids is 1. The van der Waals surface area contributed by atoms with Crippen LogP contribution in [0.1, 0.15) is 10.7 Å². The molecule has 3 aromatic heterocycles. The van der Waals surface area contributed by atoms with Crippen molar-refractivity contribution in [1.82, 2.24) is 19.6 Å². The van der Waals surface area contributed by atoms with E-state index >= 15 is 0 Å². The summed E-state index contributed by atoms with van der Waals surface area (Å²) in [6.07, 6.45) is 3.32. The molecule has 0 aliphatic heterocycles. The molecule has 1 N–H and O–H groups in total. The number of amides is 1. The molecule has 0 saturated carbocycles. The van der Waals surface area contributed by atoms with Gasteiger partial charge in [-0.05, 0) is 19.1 Å². The molecule has 0 fully saturated rings. The number of fused-ring (bicyclic) bond motifs is 2. The van der Waals surface area contributed by atoms with Crippen LogP contribution in [0.4, 0.5) is 5.69 Å². The van der Waals surface area contributed by atoms with Crippen LogP contribution in [0.2, 0.25) is 0 Å². The van der Waals surface area contributed by atoms with Crippen LogP contribution in [0.3, 0.4) is 0 Å². The highest BCUT2D eigenvalue weighted by molar-refractivity contribution is 7.18. The van der Waals surface area contributed by atoms with Crippen LogP contribution in [0, 0.1) is 6.92 Å². The number of hydrogen-bond acceptors (Lipinski definition) is 6. The first-order chi connectivity index (χ1) is 12.2. The van der Waals surface area contributed by atoms with Crippen molar-refractivity contribution in [2.75, 3.05) is 11.9 Å². The van der Waals surface area contributed by atoms with Gasteiger partial charge in [-0.2, -0.15) is 5.10 Å². The van der Waals surface area contributed by atoms with E-state index in [-0.39, 0.29) is 12.5 Å². The van der Waals surface area contributed by atoms with Crippen molar-refractivity contribution in [2.45, 2.75) is 13.5 Å². The quantitative estimate of drug-likeness (QED) is 0.597. The second-order valence-corrected chi connectivity index (χ2v) is 6.66. The molecule has 25 heavy (non-hydrogen) atoms. The van der Waals surface area contributed by atoms with E-state index in [2.05, 4.69) is 20.4 Å². The maximum Gasteiger partial charge on any atom is 0.250 e. The Hall–Kier alpha value is -2.84. The Bertz CT molecular complexity index is 1020. The van der Waals surface area contributed by atoms with E-state index in [0.29, 0.717) is 12.3 Å². The summed E-state index contributed by atoms with van der Waals surface area (Å²) in [4.78, 5) is 20.7. The zero-order valence-corrected chi connectivity index (χ0v) is 14.3. The van der Waals surface area contributed by atoms with E-state index in [4.69, 9.17) is 4.74 Å². The van der Waals surface area contributed by atoms with Crippen LogP contribution in [0.5, 0.6) is 0 Å². The molecule has 3 heterocycles. The largest absolute Gasteiger partial charge is 0.364 e. The minimum Gasteiger partial charge on any atom is -0.364 e. The van der Waals surface area contributed by atoms with Gasteiger partial charge in [0.2, 0.25) is 5.91 Å². The standard InChI is InChI=1S/C17H15N5O2S/c1-11-6-15-18-7-12(8-22(15)21-11)19-16(23)9-24-10-17-20-13-4-2-3-5-14(13)25-17/h2-8H,9-10H2,1H3,(H,19,23). The van der Waals surface area contributed by atoms with Crippen molar-refractivity contribution in [2.24, 2.45) is 0 Å². The fourth-order valence-electron chi connectivity index (χ4n) is 2.47. The lowest BCUT2D eigenvalue weighted by Gasteiger charge is -2.05. The van der Waals surface area contributed by atoms with Gasteiger partial charge in [0.15, 0.2) is 5.65 Å². The summed E-state index contributed by atoms with van der Waals surface area (Å²) in [6, 6.07) is 9.77. The minimum absolute atomic E-state index is 0.0495. The highest BCUT2D eigenvalue weighted by Gasteiger charge is 2.07. The third kappa shape index (κ3) is 3.49. The smallest absolute Gasteiger partial charge is 0.250 e. The Kier molecular flexibility index (Phi) is 4.12. The third-order valence-corrected chi connectivity index (χ3v) is 4.53. The fourth-order valence-corrected chi connectivity index (χ4v) is 3.37. The maximum atomic E-state index is 12.0. The number of thiazole rings is 1. The lowest BCUT2D eigenvalue weighted by atomic mass is 10.3. The van der Waals surface area contributed by atoms with Crippen LogP contribution in [-0.2, 0) is 16.1 Å². The molecule has 0 aliphatic carbocycles. The predicted molar refractivity (Wildman–Crippen MR) is 95.6 cm³/mol. The molecular formula is C17H15N5O2S. The number of aromatic nitrogens is 4. The molecule has 0 bridgehead atoms. The van der Waals surface area contributed by atoms with Crippen molar-refractivity contribution in [1.29, 1.82) is 0 Å². The molecule has 0 unspecified atom stereocenters. The van der Waals surface area contributed by atoms with Crippen LogP contribution in [0.25, 0.3) is 15.9 Å². The van der Waals surface area contributed by atoms with Gasteiger partial charge in [0.25, 0.3) is 0 Å². The van der Waals surface area contributed by atoms with Gasteiger partial charge in [0.05, 0.1) is 40.6 Å². The molecule has 0 radical (unpaired) electrons. The molecule has 8 heteroatoms. The third-order valence-electron chi connectivity index (χ3n) is 3.52. The number of hydrogen-bond donors (Lipinski definition) is 1. The van der Waals surface area contributed by atoms with Gasteiger partial charge < -0.3 is 10.1 Å². The van der Waals surface area contributed by atoms with E-state index in [0.717, 1.165) is 26.6 Å². The average molecular weight is 353 g/mol. The van der Waals surface area contributed by atoms with Crippen LogP contribution >= 0.6 is 11.3 Å². The minimum atomic E-state index is -0.244. The molecule has 4 aromatic rings. The van der Waals surface area contributed by atoms with E-state index in [1.165, 1.54) is 0 Å². The summed E-state index contributed by atoms with van der Waals surface area (Å²) in [7, 11) is 0. The summed E-state index contributed by atoms with van der Waals surface area (Å²) >= 11 is 1.57. The first kappa shape index (κ1) is 15.7. The molecule has 0 spiro atoms. The highest BCUT2D eigenvalue weighted by atomic mass is 32.1. The van der Waals surface area contributed by atoms with Crippen LogP contribution in [0.15, 0.2) is 42.7 Å². The van der Waals surface area contributed by atoms with Crippen LogP contribution < -0.4 is 5.32 Å². The second-order valence-electron chi connectivity index (χ2n) is 5.55. The van der Waals surface area contributed by atoms with E-state index in [1.807, 2.05) is 37.3 Å². The summed E-state index contributed by atoms with van der Waals surface area (Å²) in [5.41, 5.74) is 3.13. The van der Waals surface area contributed by atoms with Gasteiger partial charge in [-0.1, -0.05) is 12.1 Å². The number of rotatable bonds is 5. The Labute approximate surface area is 147 Å². The number of benzene rings is 1. The average Bonchev–Trinajstić information content (AvgIpc) is 3.16. The summed E-state index contributed by atoms with van der Waals surface area (Å²) in [5.74, 6) is -0.244. The molecule has 7 nitrogen and oxygen atoms in total. The lowest BCUT2D eigenvalue weighted by molar-refractivity contribution is -0.121. The Balaban J connectivity index is 1.33. The van der Waals surface area contributed by atoms with E-state index < -0.39 is 0 Å². The number of anilines is 1. The van der Waals surface area contributed by atoms with E-state index in [9.17, 15) is 4.79 Å². The molecule has 0 atom stereocenters. The summed E-state index contributed by atoms with van der Waals surface area (Å²) < 4.78 is 8.21. The first-order valence-electron chi connectivity index (χ1n) is 7.71. The van der Waals surface area contributed by atoms with Gasteiger partial charge in [0, 0.05) is 6.07 Å². The van der Waals surface area contributed by atoms with Crippen molar-refractivity contribution < 1.29 is 9.53 Å².